The van der Waals surface area contributed by atoms with Gasteiger partial charge in [0.1, 0.15) is 6.20 Å². The molecular formula is C10H8BrN3O2. The number of aromatic nitrogens is 2. The molecule has 0 radical (unpaired) electrons. The SMILES string of the molecule is O=[N+]([O-])c1cn(-c2ccccc2)nc1CBr. The monoisotopic (exact) mass is 281 g/mol. The van der Waals surface area contributed by atoms with Gasteiger partial charge in [-0.25, -0.2) is 4.68 Å². The first-order valence-electron chi connectivity index (χ1n) is 4.56. The average molecular weight is 282 g/mol. The summed E-state index contributed by atoms with van der Waals surface area (Å²) in [5.74, 6) is 0. The van der Waals surface area contributed by atoms with Crippen LogP contribution in [0.4, 0.5) is 5.69 Å². The third-order valence-electron chi connectivity index (χ3n) is 2.11. The number of hydrogen-bond acceptors (Lipinski definition) is 3. The van der Waals surface area contributed by atoms with Crippen molar-refractivity contribution in [2.24, 2.45) is 0 Å². The molecule has 0 amide bonds. The predicted molar refractivity (Wildman–Crippen MR) is 62.8 cm³/mol. The second kappa shape index (κ2) is 4.44. The second-order valence-corrected chi connectivity index (χ2v) is 3.69. The van der Waals surface area contributed by atoms with Crippen LogP contribution in [0.15, 0.2) is 36.5 Å². The average Bonchev–Trinajstić information content (AvgIpc) is 2.74. The molecule has 1 heterocycles. The van der Waals surface area contributed by atoms with Gasteiger partial charge in [-0.1, -0.05) is 34.1 Å². The molecule has 0 fully saturated rings. The van der Waals surface area contributed by atoms with Gasteiger partial charge in [0.25, 0.3) is 0 Å². The van der Waals surface area contributed by atoms with E-state index in [-0.39, 0.29) is 5.69 Å². The van der Waals surface area contributed by atoms with E-state index in [1.165, 1.54) is 10.9 Å². The molecule has 0 N–H and O–H groups in total. The number of benzene rings is 1. The third-order valence-corrected chi connectivity index (χ3v) is 2.64. The summed E-state index contributed by atoms with van der Waals surface area (Å²) in [5.41, 5.74) is 1.26. The first-order valence-corrected chi connectivity index (χ1v) is 5.69. The molecule has 6 heteroatoms. The molecule has 2 rings (SSSR count). The summed E-state index contributed by atoms with van der Waals surface area (Å²) in [6.45, 7) is 0. The van der Waals surface area contributed by atoms with Gasteiger partial charge in [0.05, 0.1) is 15.9 Å². The van der Waals surface area contributed by atoms with Crippen molar-refractivity contribution in [1.82, 2.24) is 9.78 Å². The fourth-order valence-electron chi connectivity index (χ4n) is 1.36. The zero-order valence-corrected chi connectivity index (χ0v) is 9.79. The van der Waals surface area contributed by atoms with E-state index in [0.29, 0.717) is 11.0 Å². The number of nitro groups is 1. The Labute approximate surface area is 100.0 Å². The van der Waals surface area contributed by atoms with Crippen LogP contribution in [0.25, 0.3) is 5.69 Å². The molecular weight excluding hydrogens is 274 g/mol. The molecule has 0 bridgehead atoms. The number of halogens is 1. The number of rotatable bonds is 3. The molecule has 0 aliphatic rings. The third kappa shape index (κ3) is 1.96. The zero-order valence-electron chi connectivity index (χ0n) is 8.21. The Morgan fingerprint density at radius 2 is 2.06 bits per heavy atom. The molecule has 1 aromatic carbocycles. The summed E-state index contributed by atoms with van der Waals surface area (Å²) >= 11 is 3.18. The molecule has 0 atom stereocenters. The van der Waals surface area contributed by atoms with E-state index in [1.54, 1.807) is 0 Å². The highest BCUT2D eigenvalue weighted by molar-refractivity contribution is 9.08. The maximum Gasteiger partial charge on any atom is 0.311 e. The Kier molecular flexibility index (Phi) is 3.00. The van der Waals surface area contributed by atoms with Crippen LogP contribution in [0, 0.1) is 10.1 Å². The highest BCUT2D eigenvalue weighted by Crippen LogP contribution is 2.21. The van der Waals surface area contributed by atoms with Crippen molar-refractivity contribution in [3.63, 3.8) is 0 Å². The highest BCUT2D eigenvalue weighted by atomic mass is 79.9. The fraction of sp³-hybridized carbons (Fsp3) is 0.100. The van der Waals surface area contributed by atoms with E-state index in [1.807, 2.05) is 30.3 Å². The predicted octanol–water partition coefficient (Wildman–Crippen LogP) is 2.68. The van der Waals surface area contributed by atoms with E-state index in [0.717, 1.165) is 5.69 Å². The van der Waals surface area contributed by atoms with Gasteiger partial charge in [-0.05, 0) is 12.1 Å². The Balaban J connectivity index is 2.48. The molecule has 0 aliphatic heterocycles. The molecule has 2 aromatic rings. The number of alkyl halides is 1. The summed E-state index contributed by atoms with van der Waals surface area (Å²) in [6, 6.07) is 9.28. The second-order valence-electron chi connectivity index (χ2n) is 3.13. The normalized spacial score (nSPS) is 10.3. The van der Waals surface area contributed by atoms with Gasteiger partial charge in [-0.2, -0.15) is 5.10 Å². The van der Waals surface area contributed by atoms with Crippen LogP contribution in [-0.2, 0) is 5.33 Å². The molecule has 16 heavy (non-hydrogen) atoms. The molecule has 0 unspecified atom stereocenters. The Bertz CT molecular complexity index is 510. The van der Waals surface area contributed by atoms with Crippen molar-refractivity contribution in [1.29, 1.82) is 0 Å². The lowest BCUT2D eigenvalue weighted by atomic mass is 10.3. The van der Waals surface area contributed by atoms with Crippen LogP contribution < -0.4 is 0 Å². The minimum Gasteiger partial charge on any atom is -0.258 e. The van der Waals surface area contributed by atoms with E-state index < -0.39 is 4.92 Å². The standard InChI is InChI=1S/C10H8BrN3O2/c11-6-9-10(14(15)16)7-13(12-9)8-4-2-1-3-5-8/h1-5,7H,6H2. The summed E-state index contributed by atoms with van der Waals surface area (Å²) in [4.78, 5) is 10.3. The summed E-state index contributed by atoms with van der Waals surface area (Å²) in [7, 11) is 0. The molecule has 1 aromatic heterocycles. The van der Waals surface area contributed by atoms with Crippen LogP contribution in [-0.4, -0.2) is 14.7 Å². The Morgan fingerprint density at radius 1 is 1.38 bits per heavy atom. The van der Waals surface area contributed by atoms with Crippen LogP contribution in [0.2, 0.25) is 0 Å². The molecule has 0 spiro atoms. The van der Waals surface area contributed by atoms with Crippen LogP contribution in [0.3, 0.4) is 0 Å². The zero-order chi connectivity index (χ0) is 11.5. The summed E-state index contributed by atoms with van der Waals surface area (Å²) < 4.78 is 1.51. The molecule has 82 valence electrons. The lowest BCUT2D eigenvalue weighted by Crippen LogP contribution is -1.94. The topological polar surface area (TPSA) is 61.0 Å². The number of para-hydroxylation sites is 1. The molecule has 0 aliphatic carbocycles. The first-order chi connectivity index (χ1) is 7.72. The highest BCUT2D eigenvalue weighted by Gasteiger charge is 2.18. The van der Waals surface area contributed by atoms with E-state index in [9.17, 15) is 10.1 Å². The van der Waals surface area contributed by atoms with Gasteiger partial charge in [0, 0.05) is 0 Å². The van der Waals surface area contributed by atoms with Crippen LogP contribution in [0.5, 0.6) is 0 Å². The summed E-state index contributed by atoms with van der Waals surface area (Å²) in [5, 5.41) is 15.3. The number of hydrogen-bond donors (Lipinski definition) is 0. The Morgan fingerprint density at radius 3 is 2.56 bits per heavy atom. The van der Waals surface area contributed by atoms with Crippen molar-refractivity contribution in [3.8, 4) is 5.69 Å². The summed E-state index contributed by atoms with van der Waals surface area (Å²) in [6.07, 6.45) is 1.42. The maximum absolute atomic E-state index is 10.8. The van der Waals surface area contributed by atoms with E-state index >= 15 is 0 Å². The van der Waals surface area contributed by atoms with Crippen molar-refractivity contribution < 1.29 is 4.92 Å². The maximum atomic E-state index is 10.8. The minimum atomic E-state index is -0.428. The molecule has 0 saturated carbocycles. The van der Waals surface area contributed by atoms with E-state index in [2.05, 4.69) is 21.0 Å². The van der Waals surface area contributed by atoms with Gasteiger partial charge >= 0.3 is 5.69 Å². The lowest BCUT2D eigenvalue weighted by molar-refractivity contribution is -0.385. The van der Waals surface area contributed by atoms with Gasteiger partial charge < -0.3 is 0 Å². The van der Waals surface area contributed by atoms with Gasteiger partial charge in [0.2, 0.25) is 0 Å². The lowest BCUT2D eigenvalue weighted by Gasteiger charge is -1.97. The molecule has 5 nitrogen and oxygen atoms in total. The fourth-order valence-corrected chi connectivity index (χ4v) is 1.76. The quantitative estimate of drug-likeness (QED) is 0.494. The minimum absolute atomic E-state index is 0.0285. The van der Waals surface area contributed by atoms with E-state index in [4.69, 9.17) is 0 Å². The smallest absolute Gasteiger partial charge is 0.258 e. The van der Waals surface area contributed by atoms with Crippen molar-refractivity contribution in [3.05, 3.63) is 52.3 Å². The van der Waals surface area contributed by atoms with Gasteiger partial charge in [-0.15, -0.1) is 0 Å². The molecule has 0 saturated heterocycles. The first kappa shape index (κ1) is 10.8. The van der Waals surface area contributed by atoms with Gasteiger partial charge in [0.15, 0.2) is 5.69 Å². The van der Waals surface area contributed by atoms with Crippen LogP contribution in [0.1, 0.15) is 5.69 Å². The van der Waals surface area contributed by atoms with Crippen molar-refractivity contribution in [2.75, 3.05) is 0 Å². The van der Waals surface area contributed by atoms with Crippen molar-refractivity contribution >= 4 is 21.6 Å². The largest absolute Gasteiger partial charge is 0.311 e. The van der Waals surface area contributed by atoms with Crippen molar-refractivity contribution in [2.45, 2.75) is 5.33 Å². The van der Waals surface area contributed by atoms with Crippen LogP contribution >= 0.6 is 15.9 Å². The number of nitrogens with zero attached hydrogens (tertiary/aromatic N) is 3. The van der Waals surface area contributed by atoms with Gasteiger partial charge in [-0.3, -0.25) is 10.1 Å². The Hall–Kier alpha value is -1.69.